The molecule has 3 heteroatoms. The third kappa shape index (κ3) is 1.29. The van der Waals surface area contributed by atoms with E-state index in [-0.39, 0.29) is 0 Å². The molecule has 0 amide bonds. The molecule has 0 aliphatic carbocycles. The minimum Gasteiger partial charge on any atom is -0.139 e. The third-order valence-electron chi connectivity index (χ3n) is 1.57. The van der Waals surface area contributed by atoms with Gasteiger partial charge in [-0.15, -0.1) is 10.2 Å². The molecule has 58 valence electrons. The normalized spacial score (nSPS) is 19.0. The Morgan fingerprint density at radius 2 is 2.00 bits per heavy atom. The highest BCUT2D eigenvalue weighted by Crippen LogP contribution is 2.20. The lowest BCUT2D eigenvalue weighted by molar-refractivity contribution is 1.06. The molecule has 1 aromatic carbocycles. The maximum atomic E-state index is 3.92. The molecule has 1 aliphatic rings. The lowest BCUT2D eigenvalue weighted by Gasteiger charge is -1.97. The zero-order valence-electron chi connectivity index (χ0n) is 6.38. The van der Waals surface area contributed by atoms with Crippen LogP contribution in [0.1, 0.15) is 5.56 Å². The fraction of sp³-hybridized carbons (Fsp3) is 0. The van der Waals surface area contributed by atoms with Gasteiger partial charge >= 0.3 is 0 Å². The molecule has 2 rings (SSSR count). The molecule has 0 bridgehead atoms. The summed E-state index contributed by atoms with van der Waals surface area (Å²) in [6, 6.07) is 7.79. The first-order valence-electron chi connectivity index (χ1n) is 3.66. The van der Waals surface area contributed by atoms with Crippen molar-refractivity contribution in [3.05, 3.63) is 35.9 Å². The fourth-order valence-electron chi connectivity index (χ4n) is 1.01. The molecule has 1 aromatic rings. The Morgan fingerprint density at radius 1 is 1.08 bits per heavy atom. The van der Waals surface area contributed by atoms with E-state index < -0.39 is 0 Å². The Bertz CT molecular complexity index is 329. The van der Waals surface area contributed by atoms with Crippen LogP contribution in [-0.4, -0.2) is 6.21 Å². The molecular weight excluding hydrogens is 150 g/mol. The van der Waals surface area contributed by atoms with Gasteiger partial charge < -0.3 is 0 Å². The van der Waals surface area contributed by atoms with Crippen LogP contribution in [0, 0.1) is 0 Å². The van der Waals surface area contributed by atoms with Crippen LogP contribution in [0.5, 0.6) is 0 Å². The number of allylic oxidation sites excluding steroid dienone is 1. The monoisotopic (exact) mass is 157 g/mol. The standard InChI is InChI=1S/C9H7N3/c1-2-6-9-8(4-1)5-3-7-10-12-11-9/h1-7H/b5-3-,7-3?,8-5?,10-7-,11-9?,12-10?,12-11?. The van der Waals surface area contributed by atoms with Crippen LogP contribution < -0.4 is 0 Å². The van der Waals surface area contributed by atoms with Crippen molar-refractivity contribution in [2.45, 2.75) is 0 Å². The van der Waals surface area contributed by atoms with Crippen LogP contribution in [0.2, 0.25) is 0 Å². The van der Waals surface area contributed by atoms with Gasteiger partial charge in [0.2, 0.25) is 0 Å². The summed E-state index contributed by atoms with van der Waals surface area (Å²) in [6.45, 7) is 0. The van der Waals surface area contributed by atoms with Crippen molar-refractivity contribution in [1.82, 2.24) is 0 Å². The minimum atomic E-state index is 0.852. The van der Waals surface area contributed by atoms with Crippen molar-refractivity contribution in [1.29, 1.82) is 0 Å². The second-order valence-corrected chi connectivity index (χ2v) is 2.37. The highest BCUT2D eigenvalue weighted by molar-refractivity contribution is 5.80. The third-order valence-corrected chi connectivity index (χ3v) is 1.57. The lowest BCUT2D eigenvalue weighted by atomic mass is 10.2. The summed E-state index contributed by atoms with van der Waals surface area (Å²) >= 11 is 0. The molecule has 0 radical (unpaired) electrons. The van der Waals surface area contributed by atoms with Gasteiger partial charge in [0, 0.05) is 5.56 Å². The SMILES string of the molecule is C1=C\c2ccccc2N=N\N=C/1. The molecule has 1 aliphatic heterocycles. The second kappa shape index (κ2) is 3.09. The second-order valence-electron chi connectivity index (χ2n) is 2.37. The molecule has 0 aromatic heterocycles. The molecule has 0 unspecified atom stereocenters. The summed E-state index contributed by atoms with van der Waals surface area (Å²) in [6.07, 6.45) is 5.41. The molecular formula is C9H7N3. The number of hydrogen-bond donors (Lipinski definition) is 0. The molecule has 0 saturated heterocycles. The maximum Gasteiger partial charge on any atom is 0.0947 e. The van der Waals surface area contributed by atoms with Gasteiger partial charge in [0.05, 0.1) is 11.9 Å². The summed E-state index contributed by atoms with van der Waals surface area (Å²) in [7, 11) is 0. The van der Waals surface area contributed by atoms with E-state index in [4.69, 9.17) is 0 Å². The molecule has 0 saturated carbocycles. The molecule has 12 heavy (non-hydrogen) atoms. The van der Waals surface area contributed by atoms with Gasteiger partial charge in [-0.1, -0.05) is 24.3 Å². The van der Waals surface area contributed by atoms with Crippen molar-refractivity contribution in [2.24, 2.45) is 15.4 Å². The molecule has 0 N–H and O–H groups in total. The summed E-state index contributed by atoms with van der Waals surface area (Å²) < 4.78 is 0. The highest BCUT2D eigenvalue weighted by Gasteiger charge is 1.95. The molecule has 0 atom stereocenters. The maximum absolute atomic E-state index is 3.92. The van der Waals surface area contributed by atoms with Gasteiger partial charge in [-0.3, -0.25) is 0 Å². The zero-order valence-corrected chi connectivity index (χ0v) is 6.38. The van der Waals surface area contributed by atoms with Gasteiger partial charge in [-0.05, 0) is 17.4 Å². The molecule has 3 nitrogen and oxygen atoms in total. The van der Waals surface area contributed by atoms with E-state index in [1.165, 1.54) is 0 Å². The Hall–Kier alpha value is -1.77. The number of hydrogen-bond acceptors (Lipinski definition) is 3. The van der Waals surface area contributed by atoms with E-state index in [9.17, 15) is 0 Å². The lowest BCUT2D eigenvalue weighted by Crippen LogP contribution is -1.75. The number of benzene rings is 1. The molecule has 1 heterocycles. The quantitative estimate of drug-likeness (QED) is 0.555. The fourth-order valence-corrected chi connectivity index (χ4v) is 1.01. The van der Waals surface area contributed by atoms with Crippen LogP contribution in [0.25, 0.3) is 6.08 Å². The van der Waals surface area contributed by atoms with Gasteiger partial charge in [0.1, 0.15) is 0 Å². The Balaban J connectivity index is 2.54. The topological polar surface area (TPSA) is 37.1 Å². The average Bonchev–Trinajstić information content (AvgIpc) is 2.06. The van der Waals surface area contributed by atoms with E-state index in [1.807, 2.05) is 36.4 Å². The summed E-state index contributed by atoms with van der Waals surface area (Å²) in [5.74, 6) is 0. The first-order valence-corrected chi connectivity index (χ1v) is 3.66. The van der Waals surface area contributed by atoms with Gasteiger partial charge in [-0.2, -0.15) is 0 Å². The highest BCUT2D eigenvalue weighted by atomic mass is 15.4. The average molecular weight is 157 g/mol. The van der Waals surface area contributed by atoms with E-state index >= 15 is 0 Å². The van der Waals surface area contributed by atoms with Crippen LogP contribution in [0.4, 0.5) is 5.69 Å². The van der Waals surface area contributed by atoms with Crippen LogP contribution in [0.15, 0.2) is 45.8 Å². The number of fused-ring (bicyclic) bond motifs is 1. The smallest absolute Gasteiger partial charge is 0.0947 e. The minimum absolute atomic E-state index is 0.852. The molecule has 0 fully saturated rings. The Labute approximate surface area is 70.1 Å². The van der Waals surface area contributed by atoms with Crippen LogP contribution >= 0.6 is 0 Å². The van der Waals surface area contributed by atoms with E-state index in [1.54, 1.807) is 6.21 Å². The number of nitrogens with zero attached hydrogens (tertiary/aromatic N) is 3. The summed E-state index contributed by atoms with van der Waals surface area (Å²) in [5, 5.41) is 11.2. The van der Waals surface area contributed by atoms with Crippen molar-refractivity contribution < 1.29 is 0 Å². The largest absolute Gasteiger partial charge is 0.139 e. The van der Waals surface area contributed by atoms with Gasteiger partial charge in [-0.25, -0.2) is 0 Å². The van der Waals surface area contributed by atoms with Crippen molar-refractivity contribution in [2.75, 3.05) is 0 Å². The Kier molecular flexibility index (Phi) is 1.78. The van der Waals surface area contributed by atoms with Crippen molar-refractivity contribution >= 4 is 18.0 Å². The first-order chi connectivity index (χ1) is 5.97. The first kappa shape index (κ1) is 6.91. The van der Waals surface area contributed by atoms with Crippen LogP contribution in [0.3, 0.4) is 0 Å². The number of rotatable bonds is 0. The predicted molar refractivity (Wildman–Crippen MR) is 48.5 cm³/mol. The van der Waals surface area contributed by atoms with Crippen molar-refractivity contribution in [3.8, 4) is 0 Å². The van der Waals surface area contributed by atoms with Crippen molar-refractivity contribution in [3.63, 3.8) is 0 Å². The molecule has 0 spiro atoms. The van der Waals surface area contributed by atoms with Gasteiger partial charge in [0.25, 0.3) is 0 Å². The zero-order chi connectivity index (χ0) is 8.23. The predicted octanol–water partition coefficient (Wildman–Crippen LogP) is 2.78. The van der Waals surface area contributed by atoms with E-state index in [2.05, 4.69) is 15.4 Å². The van der Waals surface area contributed by atoms with E-state index in [0.717, 1.165) is 11.3 Å². The Morgan fingerprint density at radius 3 is 3.00 bits per heavy atom. The summed E-state index contributed by atoms with van der Waals surface area (Å²) in [5.41, 5.74) is 1.91. The van der Waals surface area contributed by atoms with E-state index in [0.29, 0.717) is 0 Å². The summed E-state index contributed by atoms with van der Waals surface area (Å²) in [4.78, 5) is 0. The van der Waals surface area contributed by atoms with Gasteiger partial charge in [0.15, 0.2) is 0 Å². The van der Waals surface area contributed by atoms with Crippen LogP contribution in [-0.2, 0) is 0 Å².